The van der Waals surface area contributed by atoms with Gasteiger partial charge < -0.3 is 9.64 Å². The number of halogens is 1. The highest BCUT2D eigenvalue weighted by Crippen LogP contribution is 2.22. The van der Waals surface area contributed by atoms with Crippen LogP contribution in [0.4, 0.5) is 10.3 Å². The summed E-state index contributed by atoms with van der Waals surface area (Å²) < 4.78 is 19.5. The van der Waals surface area contributed by atoms with Crippen molar-refractivity contribution in [1.82, 2.24) is 19.9 Å². The number of nitrogens with zero attached hydrogens (tertiary/aromatic N) is 5. The molecule has 3 heterocycles. The topological polar surface area (TPSA) is 64.0 Å². The molecule has 0 N–H and O–H groups in total. The molecule has 0 atom stereocenters. The van der Waals surface area contributed by atoms with Gasteiger partial charge in [0, 0.05) is 25.5 Å². The molecule has 6 nitrogen and oxygen atoms in total. The quantitative estimate of drug-likeness (QED) is 0.862. The number of aromatic nitrogens is 4. The summed E-state index contributed by atoms with van der Waals surface area (Å²) >= 11 is 0. The van der Waals surface area contributed by atoms with E-state index in [0.717, 1.165) is 31.9 Å². The van der Waals surface area contributed by atoms with E-state index in [4.69, 9.17) is 4.74 Å². The molecule has 1 saturated heterocycles. The predicted octanol–water partition coefficient (Wildman–Crippen LogP) is 2.32. The summed E-state index contributed by atoms with van der Waals surface area (Å²) in [6.07, 6.45) is 5.42. The molecule has 0 aliphatic carbocycles. The van der Waals surface area contributed by atoms with E-state index in [0.29, 0.717) is 24.0 Å². The van der Waals surface area contributed by atoms with Crippen LogP contribution in [0, 0.1) is 25.6 Å². The van der Waals surface area contributed by atoms with Crippen LogP contribution < -0.4 is 9.64 Å². The Kier molecular flexibility index (Phi) is 4.64. The van der Waals surface area contributed by atoms with Crippen molar-refractivity contribution in [2.45, 2.75) is 26.7 Å². The first-order valence-electron chi connectivity index (χ1n) is 7.79. The van der Waals surface area contributed by atoms with Crippen molar-refractivity contribution in [3.63, 3.8) is 0 Å². The van der Waals surface area contributed by atoms with Crippen LogP contribution in [0.2, 0.25) is 0 Å². The number of anilines is 1. The van der Waals surface area contributed by atoms with Crippen LogP contribution in [-0.2, 0) is 0 Å². The van der Waals surface area contributed by atoms with Crippen molar-refractivity contribution in [3.05, 3.63) is 35.8 Å². The third-order valence-corrected chi connectivity index (χ3v) is 4.00. The van der Waals surface area contributed by atoms with Gasteiger partial charge in [0.1, 0.15) is 5.82 Å². The zero-order chi connectivity index (χ0) is 16.2. The number of ether oxygens (including phenoxy) is 1. The van der Waals surface area contributed by atoms with E-state index in [1.165, 1.54) is 0 Å². The van der Waals surface area contributed by atoms with Gasteiger partial charge >= 0.3 is 0 Å². The summed E-state index contributed by atoms with van der Waals surface area (Å²) in [5, 5.41) is 0. The van der Waals surface area contributed by atoms with Gasteiger partial charge in [0.15, 0.2) is 0 Å². The molecular weight excluding hydrogens is 297 g/mol. The third-order valence-electron chi connectivity index (χ3n) is 4.00. The number of rotatable bonds is 4. The molecule has 23 heavy (non-hydrogen) atoms. The van der Waals surface area contributed by atoms with Crippen molar-refractivity contribution < 1.29 is 9.13 Å². The molecule has 0 radical (unpaired) electrons. The molecule has 0 unspecified atom stereocenters. The van der Waals surface area contributed by atoms with Crippen LogP contribution in [0.15, 0.2) is 18.5 Å². The van der Waals surface area contributed by atoms with Crippen molar-refractivity contribution in [1.29, 1.82) is 0 Å². The summed E-state index contributed by atoms with van der Waals surface area (Å²) in [6, 6.07) is 1.81. The Labute approximate surface area is 134 Å². The monoisotopic (exact) mass is 317 g/mol. The summed E-state index contributed by atoms with van der Waals surface area (Å²) in [5.41, 5.74) is 0.323. The number of hydrogen-bond acceptors (Lipinski definition) is 6. The summed E-state index contributed by atoms with van der Waals surface area (Å²) in [5.74, 6) is 1.26. The first kappa shape index (κ1) is 15.6. The molecule has 0 saturated carbocycles. The van der Waals surface area contributed by atoms with E-state index < -0.39 is 5.82 Å². The average Bonchev–Trinajstić information content (AvgIpc) is 2.58. The largest absolute Gasteiger partial charge is 0.475 e. The van der Waals surface area contributed by atoms with Gasteiger partial charge in [0.05, 0.1) is 12.3 Å². The lowest BCUT2D eigenvalue weighted by Crippen LogP contribution is -2.36. The highest BCUT2D eigenvalue weighted by atomic mass is 19.1. The highest BCUT2D eigenvalue weighted by Gasteiger charge is 2.22. The fourth-order valence-corrected chi connectivity index (χ4v) is 2.71. The van der Waals surface area contributed by atoms with Gasteiger partial charge in [-0.2, -0.15) is 9.37 Å². The van der Waals surface area contributed by atoms with Gasteiger partial charge in [-0.05, 0) is 38.7 Å². The Morgan fingerprint density at radius 3 is 2.57 bits per heavy atom. The van der Waals surface area contributed by atoms with Crippen molar-refractivity contribution in [2.75, 3.05) is 24.6 Å². The Hall–Kier alpha value is -2.31. The third kappa shape index (κ3) is 3.72. The second-order valence-corrected chi connectivity index (χ2v) is 5.77. The normalized spacial score (nSPS) is 15.7. The van der Waals surface area contributed by atoms with E-state index in [1.54, 1.807) is 26.2 Å². The Morgan fingerprint density at radius 1 is 1.17 bits per heavy atom. The number of aryl methyl sites for hydroxylation is 2. The van der Waals surface area contributed by atoms with E-state index >= 15 is 0 Å². The standard InChI is InChI=1S/C16H20FN5O/c1-11-14(17)15(21-12(2)20-11)23-10-13-4-8-22(9-5-13)16-18-6-3-7-19-16/h3,6-7,13H,4-5,8-10H2,1-2H3. The fourth-order valence-electron chi connectivity index (χ4n) is 2.71. The lowest BCUT2D eigenvalue weighted by atomic mass is 9.98. The smallest absolute Gasteiger partial charge is 0.254 e. The van der Waals surface area contributed by atoms with Crippen molar-refractivity contribution in [3.8, 4) is 5.88 Å². The molecule has 0 aromatic carbocycles. The molecule has 7 heteroatoms. The summed E-state index contributed by atoms with van der Waals surface area (Å²) in [6.45, 7) is 5.58. The molecule has 0 spiro atoms. The van der Waals surface area contributed by atoms with Crippen molar-refractivity contribution >= 4 is 5.95 Å². The van der Waals surface area contributed by atoms with Crippen LogP contribution in [0.25, 0.3) is 0 Å². The lowest BCUT2D eigenvalue weighted by molar-refractivity contribution is 0.206. The number of hydrogen-bond donors (Lipinski definition) is 0. The Morgan fingerprint density at radius 2 is 1.87 bits per heavy atom. The molecule has 3 rings (SSSR count). The minimum absolute atomic E-state index is 0.0591. The molecule has 0 bridgehead atoms. The highest BCUT2D eigenvalue weighted by molar-refractivity contribution is 5.28. The predicted molar refractivity (Wildman–Crippen MR) is 83.9 cm³/mol. The van der Waals surface area contributed by atoms with E-state index in [1.807, 2.05) is 6.07 Å². The van der Waals surface area contributed by atoms with E-state index in [-0.39, 0.29) is 5.88 Å². The zero-order valence-corrected chi connectivity index (χ0v) is 13.4. The fraction of sp³-hybridized carbons (Fsp3) is 0.500. The minimum Gasteiger partial charge on any atom is -0.475 e. The molecule has 2 aromatic heterocycles. The molecular formula is C16H20FN5O. The van der Waals surface area contributed by atoms with Crippen LogP contribution in [-0.4, -0.2) is 39.6 Å². The van der Waals surface area contributed by atoms with Gasteiger partial charge in [-0.15, -0.1) is 0 Å². The zero-order valence-electron chi connectivity index (χ0n) is 13.4. The molecule has 1 aliphatic heterocycles. The SMILES string of the molecule is Cc1nc(C)c(F)c(OCC2CCN(c3ncccn3)CC2)n1. The van der Waals surface area contributed by atoms with Crippen LogP contribution in [0.3, 0.4) is 0 Å². The minimum atomic E-state index is -0.467. The van der Waals surface area contributed by atoms with Gasteiger partial charge in [-0.25, -0.2) is 15.0 Å². The maximum atomic E-state index is 13.9. The number of piperidine rings is 1. The van der Waals surface area contributed by atoms with Crippen molar-refractivity contribution in [2.24, 2.45) is 5.92 Å². The first-order valence-corrected chi connectivity index (χ1v) is 7.79. The lowest BCUT2D eigenvalue weighted by Gasteiger charge is -2.31. The second-order valence-electron chi connectivity index (χ2n) is 5.77. The van der Waals surface area contributed by atoms with Crippen LogP contribution in [0.1, 0.15) is 24.4 Å². The van der Waals surface area contributed by atoms with Gasteiger partial charge in [-0.3, -0.25) is 0 Å². The molecule has 2 aromatic rings. The van der Waals surface area contributed by atoms with Crippen LogP contribution >= 0.6 is 0 Å². The second kappa shape index (κ2) is 6.85. The summed E-state index contributed by atoms with van der Waals surface area (Å²) in [4.78, 5) is 18.7. The Balaban J connectivity index is 1.54. The average molecular weight is 317 g/mol. The van der Waals surface area contributed by atoms with Gasteiger partial charge in [0.2, 0.25) is 11.8 Å². The van der Waals surface area contributed by atoms with Crippen LogP contribution in [0.5, 0.6) is 5.88 Å². The first-order chi connectivity index (χ1) is 11.1. The Bertz CT molecular complexity index is 659. The van der Waals surface area contributed by atoms with Gasteiger partial charge in [0.25, 0.3) is 5.88 Å². The summed E-state index contributed by atoms with van der Waals surface area (Å²) in [7, 11) is 0. The molecule has 1 aliphatic rings. The molecule has 122 valence electrons. The van der Waals surface area contributed by atoms with E-state index in [9.17, 15) is 4.39 Å². The maximum absolute atomic E-state index is 13.9. The van der Waals surface area contributed by atoms with E-state index in [2.05, 4.69) is 24.8 Å². The maximum Gasteiger partial charge on any atom is 0.254 e. The van der Waals surface area contributed by atoms with Gasteiger partial charge in [-0.1, -0.05) is 0 Å². The molecule has 1 fully saturated rings. The molecule has 0 amide bonds.